The van der Waals surface area contributed by atoms with Gasteiger partial charge in [-0.25, -0.2) is 9.07 Å². The molecule has 1 N–H and O–H groups in total. The van der Waals surface area contributed by atoms with Gasteiger partial charge in [0, 0.05) is 23.8 Å². The highest BCUT2D eigenvalue weighted by atomic mass is 19.1. The lowest BCUT2D eigenvalue weighted by Crippen LogP contribution is -2.18. The number of hydrogen-bond donors (Lipinski definition) is 1. The maximum absolute atomic E-state index is 13.5. The number of methoxy groups -OCH3 is 1. The molecule has 3 aromatic rings. The summed E-state index contributed by atoms with van der Waals surface area (Å²) in [5, 5.41) is 7.92. The first-order chi connectivity index (χ1) is 12.1. The minimum absolute atomic E-state index is 0.129. The summed E-state index contributed by atoms with van der Waals surface area (Å²) in [6.07, 6.45) is 1.84. The Kier molecular flexibility index (Phi) is 5.14. The molecule has 0 unspecified atom stereocenters. The fraction of sp³-hybridized carbons (Fsp3) is 0.250. The van der Waals surface area contributed by atoms with Gasteiger partial charge in [-0.15, -0.1) is 0 Å². The van der Waals surface area contributed by atoms with E-state index in [1.54, 1.807) is 17.9 Å². The fourth-order valence-corrected chi connectivity index (χ4v) is 2.84. The van der Waals surface area contributed by atoms with Crippen LogP contribution in [0.2, 0.25) is 0 Å². The van der Waals surface area contributed by atoms with Crippen LogP contribution in [0.4, 0.5) is 4.39 Å². The van der Waals surface area contributed by atoms with Crippen molar-refractivity contribution >= 4 is 0 Å². The molecule has 1 atom stereocenters. The second kappa shape index (κ2) is 7.49. The molecule has 1 heterocycles. The molecule has 0 bridgehead atoms. The lowest BCUT2D eigenvalue weighted by atomic mass is 10.1. The van der Waals surface area contributed by atoms with Crippen LogP contribution in [0, 0.1) is 12.7 Å². The first-order valence-corrected chi connectivity index (χ1v) is 8.25. The normalized spacial score (nSPS) is 12.2. The third kappa shape index (κ3) is 3.88. The summed E-state index contributed by atoms with van der Waals surface area (Å²) >= 11 is 0. The van der Waals surface area contributed by atoms with Crippen molar-refractivity contribution in [1.82, 2.24) is 15.1 Å². The Balaban J connectivity index is 1.71. The lowest BCUT2D eigenvalue weighted by molar-refractivity contribution is 0.414. The number of hydrogen-bond acceptors (Lipinski definition) is 3. The molecular formula is C20H22FN3O. The number of nitrogens with zero attached hydrogens (tertiary/aromatic N) is 2. The maximum Gasteiger partial charge on any atom is 0.125 e. The van der Waals surface area contributed by atoms with Crippen molar-refractivity contribution in [2.75, 3.05) is 7.11 Å². The van der Waals surface area contributed by atoms with E-state index >= 15 is 0 Å². The number of benzene rings is 2. The monoisotopic (exact) mass is 339 g/mol. The van der Waals surface area contributed by atoms with Gasteiger partial charge in [0.1, 0.15) is 11.6 Å². The van der Waals surface area contributed by atoms with E-state index in [2.05, 4.69) is 17.3 Å². The molecule has 0 aliphatic rings. The summed E-state index contributed by atoms with van der Waals surface area (Å²) in [5.41, 5.74) is 4.01. The second-order valence-electron chi connectivity index (χ2n) is 6.03. The molecule has 0 radical (unpaired) electrons. The standard InChI is InChI=1S/C20H22FN3O/c1-14(22-12-16-7-9-19(25-3)10-8-16)20-13-23-24(15(20)2)18-6-4-5-17(21)11-18/h4-11,13-14,22H,12H2,1-3H3/t14-/m0/s1. The van der Waals surface area contributed by atoms with Gasteiger partial charge >= 0.3 is 0 Å². The molecule has 0 aliphatic heterocycles. The predicted octanol–water partition coefficient (Wildman–Crippen LogP) is 4.18. The highest BCUT2D eigenvalue weighted by Gasteiger charge is 2.14. The van der Waals surface area contributed by atoms with Crippen molar-refractivity contribution in [2.24, 2.45) is 0 Å². The summed E-state index contributed by atoms with van der Waals surface area (Å²) < 4.78 is 20.4. The Labute approximate surface area is 147 Å². The summed E-state index contributed by atoms with van der Waals surface area (Å²) in [6, 6.07) is 14.6. The Morgan fingerprint density at radius 1 is 1.20 bits per heavy atom. The molecule has 2 aromatic carbocycles. The van der Waals surface area contributed by atoms with Crippen LogP contribution in [0.3, 0.4) is 0 Å². The quantitative estimate of drug-likeness (QED) is 0.732. The van der Waals surface area contributed by atoms with Gasteiger partial charge < -0.3 is 10.1 Å². The molecule has 1 aromatic heterocycles. The third-order valence-electron chi connectivity index (χ3n) is 4.34. The van der Waals surface area contributed by atoms with E-state index in [4.69, 9.17) is 4.74 Å². The van der Waals surface area contributed by atoms with Crippen LogP contribution < -0.4 is 10.1 Å². The first-order valence-electron chi connectivity index (χ1n) is 8.25. The topological polar surface area (TPSA) is 39.1 Å². The largest absolute Gasteiger partial charge is 0.497 e. The number of nitrogens with one attached hydrogen (secondary N) is 1. The number of ether oxygens (including phenoxy) is 1. The van der Waals surface area contributed by atoms with Gasteiger partial charge in [-0.2, -0.15) is 5.10 Å². The molecular weight excluding hydrogens is 317 g/mol. The lowest BCUT2D eigenvalue weighted by Gasteiger charge is -2.14. The smallest absolute Gasteiger partial charge is 0.125 e. The van der Waals surface area contributed by atoms with E-state index in [1.807, 2.05) is 43.5 Å². The fourth-order valence-electron chi connectivity index (χ4n) is 2.84. The van der Waals surface area contributed by atoms with E-state index in [9.17, 15) is 4.39 Å². The zero-order valence-electron chi connectivity index (χ0n) is 14.7. The third-order valence-corrected chi connectivity index (χ3v) is 4.34. The minimum Gasteiger partial charge on any atom is -0.497 e. The van der Waals surface area contributed by atoms with E-state index in [0.29, 0.717) is 0 Å². The molecule has 0 aliphatic carbocycles. The van der Waals surface area contributed by atoms with Crippen molar-refractivity contribution in [2.45, 2.75) is 26.4 Å². The number of halogens is 1. The van der Waals surface area contributed by atoms with Crippen LogP contribution in [0.1, 0.15) is 29.8 Å². The van der Waals surface area contributed by atoms with Crippen molar-refractivity contribution in [3.63, 3.8) is 0 Å². The van der Waals surface area contributed by atoms with Crippen LogP contribution in [-0.2, 0) is 6.54 Å². The SMILES string of the molecule is COc1ccc(CN[C@@H](C)c2cnn(-c3cccc(F)c3)c2C)cc1. The zero-order valence-corrected chi connectivity index (χ0v) is 14.7. The van der Waals surface area contributed by atoms with Crippen LogP contribution in [0.25, 0.3) is 5.69 Å². The summed E-state index contributed by atoms with van der Waals surface area (Å²) in [7, 11) is 1.66. The van der Waals surface area contributed by atoms with Gasteiger partial charge in [0.05, 0.1) is 19.0 Å². The van der Waals surface area contributed by atoms with Gasteiger partial charge in [0.25, 0.3) is 0 Å². The minimum atomic E-state index is -0.264. The summed E-state index contributed by atoms with van der Waals surface area (Å²) in [5.74, 6) is 0.587. The van der Waals surface area contributed by atoms with Crippen molar-refractivity contribution in [3.8, 4) is 11.4 Å². The number of aromatic nitrogens is 2. The van der Waals surface area contributed by atoms with Crippen molar-refractivity contribution in [3.05, 3.63) is 77.4 Å². The zero-order chi connectivity index (χ0) is 17.8. The van der Waals surface area contributed by atoms with Gasteiger partial charge in [0.15, 0.2) is 0 Å². The van der Waals surface area contributed by atoms with Gasteiger partial charge in [-0.1, -0.05) is 18.2 Å². The maximum atomic E-state index is 13.5. The number of rotatable bonds is 6. The Bertz CT molecular complexity index is 842. The van der Waals surface area contributed by atoms with Gasteiger partial charge in [0.2, 0.25) is 0 Å². The molecule has 0 saturated carbocycles. The van der Waals surface area contributed by atoms with Crippen LogP contribution >= 0.6 is 0 Å². The Hall–Kier alpha value is -2.66. The van der Waals surface area contributed by atoms with Crippen LogP contribution in [0.5, 0.6) is 5.75 Å². The Morgan fingerprint density at radius 3 is 2.64 bits per heavy atom. The molecule has 4 nitrogen and oxygen atoms in total. The molecule has 25 heavy (non-hydrogen) atoms. The highest BCUT2D eigenvalue weighted by molar-refractivity contribution is 5.36. The molecule has 0 fully saturated rings. The molecule has 5 heteroatoms. The summed E-state index contributed by atoms with van der Waals surface area (Å²) in [4.78, 5) is 0. The Morgan fingerprint density at radius 2 is 1.96 bits per heavy atom. The average molecular weight is 339 g/mol. The van der Waals surface area contributed by atoms with E-state index < -0.39 is 0 Å². The van der Waals surface area contributed by atoms with Crippen molar-refractivity contribution < 1.29 is 9.13 Å². The highest BCUT2D eigenvalue weighted by Crippen LogP contribution is 2.21. The van der Waals surface area contributed by atoms with Gasteiger partial charge in [-0.05, 0) is 49.7 Å². The average Bonchev–Trinajstić information content (AvgIpc) is 3.01. The van der Waals surface area contributed by atoms with Crippen molar-refractivity contribution in [1.29, 1.82) is 0 Å². The first kappa shape index (κ1) is 17.2. The van der Waals surface area contributed by atoms with Crippen LogP contribution in [0.15, 0.2) is 54.7 Å². The molecule has 130 valence electrons. The van der Waals surface area contributed by atoms with E-state index in [0.717, 1.165) is 29.2 Å². The predicted molar refractivity (Wildman–Crippen MR) is 96.5 cm³/mol. The van der Waals surface area contributed by atoms with E-state index in [1.165, 1.54) is 17.7 Å². The second-order valence-corrected chi connectivity index (χ2v) is 6.03. The summed E-state index contributed by atoms with van der Waals surface area (Å²) in [6.45, 7) is 4.85. The van der Waals surface area contributed by atoms with Crippen LogP contribution in [-0.4, -0.2) is 16.9 Å². The van der Waals surface area contributed by atoms with E-state index in [-0.39, 0.29) is 11.9 Å². The van der Waals surface area contributed by atoms with Gasteiger partial charge in [-0.3, -0.25) is 0 Å². The molecule has 0 amide bonds. The molecule has 3 rings (SSSR count). The molecule has 0 spiro atoms. The molecule has 0 saturated heterocycles.